The summed E-state index contributed by atoms with van der Waals surface area (Å²) < 4.78 is 38.8. The summed E-state index contributed by atoms with van der Waals surface area (Å²) in [5.41, 5.74) is 3.37. The second-order valence-corrected chi connectivity index (χ2v) is 9.36. The third kappa shape index (κ3) is 5.21. The number of likely N-dealkylation sites (N-methyl/N-ethyl adjacent to an activating group) is 1. The second kappa shape index (κ2) is 9.55. The number of nitrogens with zero attached hydrogens (tertiary/aromatic N) is 3. The second-order valence-electron chi connectivity index (χ2n) is 7.62. The van der Waals surface area contributed by atoms with Crippen LogP contribution in [0.15, 0.2) is 46.1 Å². The number of hydrogen-bond acceptors (Lipinski definition) is 6. The number of fused-ring (bicyclic) bond motifs is 1. The van der Waals surface area contributed by atoms with Crippen molar-refractivity contribution in [2.45, 2.75) is 24.2 Å². The van der Waals surface area contributed by atoms with Crippen molar-refractivity contribution in [3.8, 4) is 17.2 Å². The number of carbonyl (C=O) groups excluding carboxylic acids is 1. The Morgan fingerprint density at radius 3 is 2.88 bits per heavy atom. The molecule has 1 aliphatic heterocycles. The molecule has 0 fully saturated rings. The van der Waals surface area contributed by atoms with Crippen LogP contribution >= 0.6 is 23.1 Å². The molecule has 4 rings (SSSR count). The lowest BCUT2D eigenvalue weighted by Crippen LogP contribution is -2.28. The quantitative estimate of drug-likeness (QED) is 0.486. The van der Waals surface area contributed by atoms with E-state index in [0.717, 1.165) is 59.2 Å². The van der Waals surface area contributed by atoms with Gasteiger partial charge in [-0.1, -0.05) is 17.8 Å². The zero-order valence-corrected chi connectivity index (χ0v) is 19.2. The van der Waals surface area contributed by atoms with Gasteiger partial charge in [-0.3, -0.25) is 4.79 Å². The van der Waals surface area contributed by atoms with Crippen LogP contribution in [0.2, 0.25) is 0 Å². The van der Waals surface area contributed by atoms with E-state index in [2.05, 4.69) is 16.3 Å². The Balaban J connectivity index is 1.58. The first-order valence-electron chi connectivity index (χ1n) is 10.0. The monoisotopic (exact) mass is 488 g/mol. The Hall–Kier alpha value is -2.87. The van der Waals surface area contributed by atoms with Gasteiger partial charge in [0.15, 0.2) is 0 Å². The number of aromatic nitrogens is 1. The highest BCUT2D eigenvalue weighted by Crippen LogP contribution is 2.38. The first-order valence-corrected chi connectivity index (χ1v) is 12.0. The van der Waals surface area contributed by atoms with Crippen molar-refractivity contribution in [1.29, 1.82) is 5.26 Å². The summed E-state index contributed by atoms with van der Waals surface area (Å²) in [6, 6.07) is 8.71. The SMILES string of the molecule is CN1CCc2nc(SCC(=O)Nc3cccc(C(F)(F)F)c3)c(C#N)c(-c3ccsc3)c2C1. The lowest BCUT2D eigenvalue weighted by molar-refractivity contribution is -0.137. The number of hydrogen-bond donors (Lipinski definition) is 1. The van der Waals surface area contributed by atoms with Crippen molar-refractivity contribution in [2.24, 2.45) is 0 Å². The van der Waals surface area contributed by atoms with Gasteiger partial charge in [0.1, 0.15) is 11.1 Å². The molecule has 3 aromatic rings. The van der Waals surface area contributed by atoms with Crippen LogP contribution in [0.25, 0.3) is 11.1 Å². The first kappa shape index (κ1) is 23.3. The summed E-state index contributed by atoms with van der Waals surface area (Å²) in [5.74, 6) is -0.556. The lowest BCUT2D eigenvalue weighted by atomic mass is 9.93. The lowest BCUT2D eigenvalue weighted by Gasteiger charge is -2.27. The number of pyridine rings is 1. The summed E-state index contributed by atoms with van der Waals surface area (Å²) in [5, 5.41) is 16.8. The number of halogens is 3. The summed E-state index contributed by atoms with van der Waals surface area (Å²) in [4.78, 5) is 19.3. The average molecular weight is 489 g/mol. The Kier molecular flexibility index (Phi) is 6.74. The van der Waals surface area contributed by atoms with E-state index in [1.165, 1.54) is 23.5 Å². The van der Waals surface area contributed by atoms with Crippen LogP contribution in [-0.4, -0.2) is 35.1 Å². The van der Waals surface area contributed by atoms with Gasteiger partial charge in [0, 0.05) is 36.5 Å². The number of alkyl halides is 3. The maximum absolute atomic E-state index is 12.9. The van der Waals surface area contributed by atoms with Gasteiger partial charge in [-0.15, -0.1) is 0 Å². The molecule has 1 N–H and O–H groups in total. The van der Waals surface area contributed by atoms with E-state index in [0.29, 0.717) is 17.1 Å². The molecular formula is C23H19F3N4OS2. The number of rotatable bonds is 5. The van der Waals surface area contributed by atoms with Crippen LogP contribution in [0, 0.1) is 11.3 Å². The Labute approximate surface area is 197 Å². The van der Waals surface area contributed by atoms with Crippen molar-refractivity contribution in [1.82, 2.24) is 9.88 Å². The Morgan fingerprint density at radius 1 is 1.36 bits per heavy atom. The predicted molar refractivity (Wildman–Crippen MR) is 123 cm³/mol. The van der Waals surface area contributed by atoms with Crippen molar-refractivity contribution < 1.29 is 18.0 Å². The van der Waals surface area contributed by atoms with E-state index in [9.17, 15) is 23.2 Å². The molecule has 0 aliphatic carbocycles. The van der Waals surface area contributed by atoms with E-state index >= 15 is 0 Å². The Bertz CT molecular complexity index is 1220. The zero-order valence-electron chi connectivity index (χ0n) is 17.6. The zero-order chi connectivity index (χ0) is 23.6. The fourth-order valence-corrected chi connectivity index (χ4v) is 5.16. The molecule has 2 aromatic heterocycles. The van der Waals surface area contributed by atoms with Crippen molar-refractivity contribution in [3.05, 3.63) is 63.5 Å². The number of benzene rings is 1. The van der Waals surface area contributed by atoms with Gasteiger partial charge in [0.2, 0.25) is 5.91 Å². The number of nitriles is 1. The molecule has 5 nitrogen and oxygen atoms in total. The van der Waals surface area contributed by atoms with Gasteiger partial charge in [-0.2, -0.15) is 29.8 Å². The fraction of sp³-hybridized carbons (Fsp3) is 0.261. The van der Waals surface area contributed by atoms with Crippen molar-refractivity contribution in [2.75, 3.05) is 24.7 Å². The average Bonchev–Trinajstić information content (AvgIpc) is 3.30. The molecule has 0 bridgehead atoms. The van der Waals surface area contributed by atoms with E-state index < -0.39 is 17.6 Å². The summed E-state index contributed by atoms with van der Waals surface area (Å²) in [7, 11) is 2.02. The molecule has 1 aromatic carbocycles. The van der Waals surface area contributed by atoms with Gasteiger partial charge in [-0.25, -0.2) is 4.98 Å². The molecule has 0 spiro atoms. The Morgan fingerprint density at radius 2 is 2.18 bits per heavy atom. The smallest absolute Gasteiger partial charge is 0.325 e. The summed E-state index contributed by atoms with van der Waals surface area (Å²) in [6.07, 6.45) is -3.75. The number of thiophene rings is 1. The minimum absolute atomic E-state index is 0.0660. The molecule has 0 radical (unpaired) electrons. The third-order valence-electron chi connectivity index (χ3n) is 5.24. The molecule has 33 heavy (non-hydrogen) atoms. The normalized spacial score (nSPS) is 13.9. The van der Waals surface area contributed by atoms with Gasteiger partial charge in [0.25, 0.3) is 0 Å². The number of nitrogens with one attached hydrogen (secondary N) is 1. The van der Waals surface area contributed by atoms with Gasteiger partial charge < -0.3 is 10.2 Å². The highest BCUT2D eigenvalue weighted by atomic mass is 32.2. The number of amides is 1. The topological polar surface area (TPSA) is 69.0 Å². The van der Waals surface area contributed by atoms with Crippen LogP contribution < -0.4 is 5.32 Å². The van der Waals surface area contributed by atoms with Crippen LogP contribution in [-0.2, 0) is 23.9 Å². The highest BCUT2D eigenvalue weighted by molar-refractivity contribution is 8.00. The minimum Gasteiger partial charge on any atom is -0.325 e. The van der Waals surface area contributed by atoms with E-state index in [1.807, 2.05) is 23.9 Å². The van der Waals surface area contributed by atoms with Gasteiger partial charge in [-0.05, 0) is 53.2 Å². The number of thioether (sulfide) groups is 1. The maximum Gasteiger partial charge on any atom is 0.416 e. The molecule has 170 valence electrons. The molecule has 1 amide bonds. The first-order chi connectivity index (χ1) is 15.8. The van der Waals surface area contributed by atoms with Crippen LogP contribution in [0.4, 0.5) is 18.9 Å². The van der Waals surface area contributed by atoms with E-state index in [1.54, 1.807) is 0 Å². The molecule has 1 aliphatic rings. The predicted octanol–water partition coefficient (Wildman–Crippen LogP) is 5.42. The van der Waals surface area contributed by atoms with Crippen LogP contribution in [0.1, 0.15) is 22.4 Å². The number of anilines is 1. The fourth-order valence-electron chi connectivity index (χ4n) is 3.71. The van der Waals surface area contributed by atoms with Crippen LogP contribution in [0.3, 0.4) is 0 Å². The van der Waals surface area contributed by atoms with Crippen molar-refractivity contribution in [3.63, 3.8) is 0 Å². The highest BCUT2D eigenvalue weighted by Gasteiger charge is 2.30. The molecule has 0 saturated carbocycles. The molecular weight excluding hydrogens is 469 g/mol. The molecule has 3 heterocycles. The number of carbonyl (C=O) groups is 1. The van der Waals surface area contributed by atoms with Crippen LogP contribution in [0.5, 0.6) is 0 Å². The molecule has 0 atom stereocenters. The molecule has 10 heteroatoms. The largest absolute Gasteiger partial charge is 0.416 e. The maximum atomic E-state index is 12.9. The summed E-state index contributed by atoms with van der Waals surface area (Å²) >= 11 is 2.65. The summed E-state index contributed by atoms with van der Waals surface area (Å²) in [6.45, 7) is 1.53. The van der Waals surface area contributed by atoms with E-state index in [-0.39, 0.29) is 11.4 Å². The van der Waals surface area contributed by atoms with Gasteiger partial charge in [0.05, 0.1) is 16.9 Å². The van der Waals surface area contributed by atoms with Gasteiger partial charge >= 0.3 is 6.18 Å². The van der Waals surface area contributed by atoms with Crippen molar-refractivity contribution >= 4 is 34.7 Å². The minimum atomic E-state index is -4.49. The molecule has 0 saturated heterocycles. The third-order valence-corrected chi connectivity index (χ3v) is 6.90. The molecule has 0 unspecified atom stereocenters. The standard InChI is InChI=1S/C23H19F3N4OS2/c1-30-7-5-19-18(11-30)21(14-6-8-32-12-14)17(10-27)22(29-19)33-13-20(31)28-16-4-2-3-15(9-16)23(24,25)26/h2-4,6,8-9,12H,5,7,11,13H2,1H3,(H,28,31). The van der Waals surface area contributed by atoms with E-state index in [4.69, 9.17) is 4.98 Å².